The average Bonchev–Trinajstić information content (AvgIpc) is 2.31. The van der Waals surface area contributed by atoms with Gasteiger partial charge in [-0.05, 0) is 46.0 Å². The lowest BCUT2D eigenvalue weighted by atomic mass is 9.95. The molecule has 1 heterocycles. The fraction of sp³-hybridized carbons (Fsp3) is 0.467. The summed E-state index contributed by atoms with van der Waals surface area (Å²) in [6.45, 7) is 10.8. The number of nitrogens with one attached hydrogen (secondary N) is 1. The molecule has 1 aromatic carbocycles. The summed E-state index contributed by atoms with van der Waals surface area (Å²) < 4.78 is 2.24. The molecule has 4 heteroatoms. The number of halogens is 2. The number of hydrogen-bond acceptors (Lipinski definition) is 2. The van der Waals surface area contributed by atoms with E-state index in [1.165, 1.54) is 11.1 Å². The number of rotatable bonds is 1. The Hall–Kier alpha value is -0.320. The highest BCUT2D eigenvalue weighted by atomic mass is 79.9. The monoisotopic (exact) mass is 386 g/mol. The van der Waals surface area contributed by atoms with Gasteiger partial charge in [-0.2, -0.15) is 0 Å². The van der Waals surface area contributed by atoms with Crippen molar-refractivity contribution in [2.24, 2.45) is 5.41 Å². The number of nitrogens with zero attached hydrogens (tertiary/aromatic N) is 1. The van der Waals surface area contributed by atoms with Crippen molar-refractivity contribution in [3.8, 4) is 0 Å². The molecule has 1 aromatic rings. The van der Waals surface area contributed by atoms with Crippen LogP contribution in [0.2, 0.25) is 0 Å². The lowest BCUT2D eigenvalue weighted by Gasteiger charge is -2.37. The van der Waals surface area contributed by atoms with E-state index in [9.17, 15) is 0 Å². The van der Waals surface area contributed by atoms with Crippen LogP contribution < -0.4 is 5.43 Å². The molecule has 0 saturated carbocycles. The second-order valence-corrected chi connectivity index (χ2v) is 7.83. The highest BCUT2D eigenvalue weighted by Gasteiger charge is 2.26. The van der Waals surface area contributed by atoms with E-state index >= 15 is 0 Å². The molecule has 1 aliphatic heterocycles. The molecule has 0 atom stereocenters. The van der Waals surface area contributed by atoms with Crippen molar-refractivity contribution in [2.45, 2.75) is 27.7 Å². The molecule has 1 N–H and O–H groups in total. The van der Waals surface area contributed by atoms with Gasteiger partial charge in [0.05, 0.1) is 5.69 Å². The molecule has 0 aliphatic carbocycles. The predicted molar refractivity (Wildman–Crippen MR) is 90.1 cm³/mol. The van der Waals surface area contributed by atoms with E-state index < -0.39 is 0 Å². The van der Waals surface area contributed by atoms with E-state index in [2.05, 4.69) is 88.2 Å². The highest BCUT2D eigenvalue weighted by molar-refractivity contribution is 9.11. The van der Waals surface area contributed by atoms with Crippen LogP contribution in [0.3, 0.4) is 0 Å². The normalized spacial score (nSPS) is 18.3. The van der Waals surface area contributed by atoms with E-state index in [1.807, 2.05) is 0 Å². The van der Waals surface area contributed by atoms with Crippen LogP contribution >= 0.6 is 31.9 Å². The summed E-state index contributed by atoms with van der Waals surface area (Å²) in [6, 6.07) is 4.16. The van der Waals surface area contributed by atoms with Crippen LogP contribution in [-0.4, -0.2) is 18.1 Å². The molecule has 0 spiro atoms. The van der Waals surface area contributed by atoms with Crippen molar-refractivity contribution in [2.75, 3.05) is 18.5 Å². The maximum Gasteiger partial charge on any atom is 0.0719 e. The van der Waals surface area contributed by atoms with E-state index in [4.69, 9.17) is 0 Å². The number of hydrazine groups is 1. The largest absolute Gasteiger partial charge is 0.317 e. The van der Waals surface area contributed by atoms with Crippen LogP contribution in [0.1, 0.15) is 33.3 Å². The number of fused-ring (bicyclic) bond motifs is 1. The van der Waals surface area contributed by atoms with E-state index in [0.29, 0.717) is 0 Å². The molecule has 0 bridgehead atoms. The first-order valence-corrected chi connectivity index (χ1v) is 8.05. The van der Waals surface area contributed by atoms with Gasteiger partial charge < -0.3 is 5.43 Å². The van der Waals surface area contributed by atoms with Gasteiger partial charge in [0.1, 0.15) is 0 Å². The van der Waals surface area contributed by atoms with Gasteiger partial charge in [-0.3, -0.25) is 0 Å². The molecule has 0 aromatic heterocycles. The minimum absolute atomic E-state index is 0.266. The molecule has 0 fully saturated rings. The van der Waals surface area contributed by atoms with Crippen molar-refractivity contribution in [1.29, 1.82) is 0 Å². The zero-order valence-electron chi connectivity index (χ0n) is 11.8. The van der Waals surface area contributed by atoms with Crippen LogP contribution in [-0.2, 0) is 0 Å². The Morgan fingerprint density at radius 2 is 1.89 bits per heavy atom. The average molecular weight is 388 g/mol. The Labute approximate surface area is 132 Å². The van der Waals surface area contributed by atoms with Gasteiger partial charge in [0.2, 0.25) is 0 Å². The van der Waals surface area contributed by atoms with Crippen molar-refractivity contribution in [1.82, 2.24) is 5.01 Å². The lowest BCUT2D eigenvalue weighted by molar-refractivity contribution is 0.241. The fourth-order valence-corrected chi connectivity index (χ4v) is 3.37. The molecule has 0 amide bonds. The van der Waals surface area contributed by atoms with Gasteiger partial charge in [-0.15, -0.1) is 0 Å². The summed E-state index contributed by atoms with van der Waals surface area (Å²) in [5.74, 6) is 0. The van der Waals surface area contributed by atoms with Crippen molar-refractivity contribution < 1.29 is 0 Å². The molecule has 19 heavy (non-hydrogen) atoms. The summed E-state index contributed by atoms with van der Waals surface area (Å²) in [7, 11) is 0. The van der Waals surface area contributed by atoms with Crippen LogP contribution in [0, 0.1) is 5.41 Å². The maximum absolute atomic E-state index is 3.66. The van der Waals surface area contributed by atoms with Crippen LogP contribution in [0.5, 0.6) is 0 Å². The Bertz CT molecular complexity index is 516. The first kappa shape index (κ1) is 15.1. The third-order valence-electron chi connectivity index (χ3n) is 3.07. The van der Waals surface area contributed by atoms with Gasteiger partial charge in [-0.25, -0.2) is 5.01 Å². The quantitative estimate of drug-likeness (QED) is 0.702. The van der Waals surface area contributed by atoms with E-state index in [1.54, 1.807) is 0 Å². The standard InChI is InChI=1S/C15H20Br2N2/c1-5-10-8-19(9-15(2,3)4)18-14-12(17)7-6-11(16)13(10)14/h5-7,18H,8-9H2,1-4H3/b10-5-. The van der Waals surface area contributed by atoms with Crippen LogP contribution in [0.4, 0.5) is 5.69 Å². The summed E-state index contributed by atoms with van der Waals surface area (Å²) in [5.41, 5.74) is 7.58. The first-order valence-electron chi connectivity index (χ1n) is 6.47. The highest BCUT2D eigenvalue weighted by Crippen LogP contribution is 2.40. The second-order valence-electron chi connectivity index (χ2n) is 6.12. The van der Waals surface area contributed by atoms with Gasteiger partial charge >= 0.3 is 0 Å². The topological polar surface area (TPSA) is 15.3 Å². The van der Waals surface area contributed by atoms with Gasteiger partial charge in [0.25, 0.3) is 0 Å². The van der Waals surface area contributed by atoms with Gasteiger partial charge in [0, 0.05) is 27.6 Å². The molecule has 0 unspecified atom stereocenters. The maximum atomic E-state index is 3.66. The summed E-state index contributed by atoms with van der Waals surface area (Å²) in [4.78, 5) is 0. The van der Waals surface area contributed by atoms with Gasteiger partial charge in [0.15, 0.2) is 0 Å². The van der Waals surface area contributed by atoms with Crippen molar-refractivity contribution in [3.63, 3.8) is 0 Å². The van der Waals surface area contributed by atoms with Crippen LogP contribution in [0.25, 0.3) is 5.57 Å². The predicted octanol–water partition coefficient (Wildman–Crippen LogP) is 5.30. The van der Waals surface area contributed by atoms with E-state index in [-0.39, 0.29) is 5.41 Å². The van der Waals surface area contributed by atoms with Crippen molar-refractivity contribution >= 4 is 43.1 Å². The molecular weight excluding hydrogens is 368 g/mol. The minimum Gasteiger partial charge on any atom is -0.317 e. The SMILES string of the molecule is C/C=C1/CN(CC(C)(C)C)Nc2c(Br)ccc(Br)c21. The summed E-state index contributed by atoms with van der Waals surface area (Å²) in [6.07, 6.45) is 2.20. The molecule has 0 saturated heterocycles. The first-order chi connectivity index (χ1) is 8.81. The molecule has 0 radical (unpaired) electrons. The molecule has 2 rings (SSSR count). The van der Waals surface area contributed by atoms with Gasteiger partial charge in [-0.1, -0.05) is 42.8 Å². The lowest BCUT2D eigenvalue weighted by Crippen LogP contribution is -2.41. The molecule has 1 aliphatic rings. The smallest absolute Gasteiger partial charge is 0.0719 e. The Kier molecular flexibility index (Phi) is 4.43. The molecule has 104 valence electrons. The third-order valence-corrected chi connectivity index (χ3v) is 4.39. The molecular formula is C15H20Br2N2. The van der Waals surface area contributed by atoms with Crippen molar-refractivity contribution in [3.05, 3.63) is 32.7 Å². The molecule has 2 nitrogen and oxygen atoms in total. The zero-order chi connectivity index (χ0) is 14.2. The fourth-order valence-electron chi connectivity index (χ4n) is 2.36. The number of allylic oxidation sites excluding steroid dienone is 1. The van der Waals surface area contributed by atoms with Crippen LogP contribution in [0.15, 0.2) is 27.2 Å². The van der Waals surface area contributed by atoms with E-state index in [0.717, 1.165) is 27.7 Å². The number of hydrogen-bond donors (Lipinski definition) is 1. The Morgan fingerprint density at radius 1 is 1.26 bits per heavy atom. The number of anilines is 1. The number of benzene rings is 1. The zero-order valence-corrected chi connectivity index (χ0v) is 15.0. The third kappa shape index (κ3) is 3.41. The second kappa shape index (κ2) is 5.58. The summed E-state index contributed by atoms with van der Waals surface area (Å²) >= 11 is 7.30. The Balaban J connectivity index is 2.41. The minimum atomic E-state index is 0.266. The summed E-state index contributed by atoms with van der Waals surface area (Å²) in [5, 5.41) is 2.29. The Morgan fingerprint density at radius 3 is 2.47 bits per heavy atom.